The molecular weight excluding hydrogens is 905 g/mol. The van der Waals surface area contributed by atoms with Gasteiger partial charge in [-0.15, -0.1) is 10.2 Å². The summed E-state index contributed by atoms with van der Waals surface area (Å²) in [7, 11) is 4.71. The number of nitrogens with one attached hydrogen (secondary N) is 2. The number of alkyl carbamates (subject to hydrolysis) is 1. The molecule has 376 valence electrons. The van der Waals surface area contributed by atoms with Crippen LogP contribution in [0.25, 0.3) is 11.1 Å². The van der Waals surface area contributed by atoms with Crippen molar-refractivity contribution in [2.24, 2.45) is 14.1 Å². The van der Waals surface area contributed by atoms with Gasteiger partial charge in [0.1, 0.15) is 37.6 Å². The molecule has 23 heteroatoms. The smallest absolute Gasteiger partial charge is 0.407 e. The molecule has 2 aromatic carbocycles. The molecule has 2 aromatic heterocycles. The van der Waals surface area contributed by atoms with Crippen molar-refractivity contribution in [1.29, 1.82) is 0 Å². The number of hydrogen-bond acceptors (Lipinski definition) is 13. The van der Waals surface area contributed by atoms with Crippen molar-refractivity contribution in [3.05, 3.63) is 83.4 Å². The highest BCUT2D eigenvalue weighted by atomic mass is 16.5. The molecular formula is C47H64N14O9. The minimum atomic E-state index is -1.02. The first-order valence-electron chi connectivity index (χ1n) is 23.4. The van der Waals surface area contributed by atoms with E-state index in [4.69, 9.17) is 4.74 Å². The largest absolute Gasteiger partial charge is 0.449 e. The van der Waals surface area contributed by atoms with Gasteiger partial charge in [0.05, 0.1) is 19.6 Å². The normalized spacial score (nSPS) is 11.5. The van der Waals surface area contributed by atoms with Gasteiger partial charge in [-0.2, -0.15) is 0 Å². The van der Waals surface area contributed by atoms with E-state index < -0.39 is 67.4 Å². The summed E-state index contributed by atoms with van der Waals surface area (Å²) >= 11 is 0. The van der Waals surface area contributed by atoms with Crippen molar-refractivity contribution in [2.45, 2.75) is 72.4 Å². The van der Waals surface area contributed by atoms with Crippen LogP contribution < -0.4 is 10.6 Å². The number of carbonyl (C=O) groups excluding carboxylic acids is 8. The molecule has 0 radical (unpaired) electrons. The van der Waals surface area contributed by atoms with E-state index >= 15 is 0 Å². The number of carbonyl (C=O) groups is 8. The number of hydrogen-bond donors (Lipinski definition) is 2. The van der Waals surface area contributed by atoms with Gasteiger partial charge in [-0.1, -0.05) is 86.7 Å². The van der Waals surface area contributed by atoms with Crippen LogP contribution in [0.4, 0.5) is 19.2 Å². The first-order valence-corrected chi connectivity index (χ1v) is 23.4. The average molecular weight is 969 g/mol. The molecule has 0 spiro atoms. The molecule has 0 saturated heterocycles. The highest BCUT2D eigenvalue weighted by Crippen LogP contribution is 2.44. The molecule has 0 saturated carbocycles. The Labute approximate surface area is 407 Å². The van der Waals surface area contributed by atoms with Crippen LogP contribution >= 0.6 is 0 Å². The topological polar surface area (TPSA) is 251 Å². The number of urea groups is 3. The van der Waals surface area contributed by atoms with E-state index in [1.54, 1.807) is 54.2 Å². The molecule has 1 aliphatic rings. The number of nitrogens with zero attached hydrogens (tertiary/aromatic N) is 12. The first kappa shape index (κ1) is 53.2. The van der Waals surface area contributed by atoms with Gasteiger partial charge in [0.2, 0.25) is 23.6 Å². The average Bonchev–Trinajstić information content (AvgIpc) is 4.06. The number of amides is 11. The van der Waals surface area contributed by atoms with Crippen molar-refractivity contribution >= 4 is 47.8 Å². The van der Waals surface area contributed by atoms with Gasteiger partial charge < -0.3 is 30.1 Å². The van der Waals surface area contributed by atoms with Gasteiger partial charge in [-0.05, 0) is 47.9 Å². The molecule has 0 atom stereocenters. The number of rotatable bonds is 22. The minimum absolute atomic E-state index is 0.00939. The maximum absolute atomic E-state index is 14.5. The van der Waals surface area contributed by atoms with Crippen LogP contribution in [0.3, 0.4) is 0 Å². The Morgan fingerprint density at radius 2 is 1.06 bits per heavy atom. The second-order valence-electron chi connectivity index (χ2n) is 16.7. The predicted molar refractivity (Wildman–Crippen MR) is 254 cm³/mol. The lowest BCUT2D eigenvalue weighted by molar-refractivity contribution is -0.139. The zero-order valence-electron chi connectivity index (χ0n) is 41.0. The lowest BCUT2D eigenvalue weighted by atomic mass is 9.98. The molecule has 2 N–H and O–H groups in total. The summed E-state index contributed by atoms with van der Waals surface area (Å²) in [4.78, 5) is 117. The number of aromatic nitrogens is 6. The van der Waals surface area contributed by atoms with Crippen LogP contribution in [-0.2, 0) is 51.1 Å². The first-order chi connectivity index (χ1) is 33.6. The summed E-state index contributed by atoms with van der Waals surface area (Å²) in [6.45, 7) is 4.17. The number of imide groups is 3. The number of benzene rings is 2. The second kappa shape index (κ2) is 25.6. The second-order valence-corrected chi connectivity index (χ2v) is 16.7. The van der Waals surface area contributed by atoms with Crippen LogP contribution in [0.2, 0.25) is 0 Å². The highest BCUT2D eigenvalue weighted by molar-refractivity contribution is 6.06. The van der Waals surface area contributed by atoms with Crippen molar-refractivity contribution in [1.82, 2.24) is 70.0 Å². The molecule has 0 unspecified atom stereocenters. The molecule has 11 amide bonds. The standard InChI is InChI=1S/C47H64N14O9/c1-8-20-56(30-42(64)57(29-40(62)48-5)27-33-25-54(6)52-50-33)45(67)60(22-10-3)47(69)61(23-11-4)46(68)59(21-9-2)43(65)31-58(28-34-26-55(7)53-51-34)41(63)24-49-44(66)70-32-39-37-18-14-12-16-35(37)36-17-13-15-19-38(36)39/h12-19,25-26,39H,8-11,20-24,27-32H2,1-7H3,(H,48,62)(H,49,66). The minimum Gasteiger partial charge on any atom is -0.449 e. The van der Waals surface area contributed by atoms with Crippen LogP contribution in [0.15, 0.2) is 60.9 Å². The molecule has 1 aliphatic carbocycles. The quantitative estimate of drug-likeness (QED) is 0.115. The van der Waals surface area contributed by atoms with Crippen molar-refractivity contribution in [2.75, 3.05) is 66.0 Å². The summed E-state index contributed by atoms with van der Waals surface area (Å²) in [6, 6.07) is 12.9. The van der Waals surface area contributed by atoms with E-state index in [0.29, 0.717) is 17.8 Å². The molecule has 4 aromatic rings. The maximum atomic E-state index is 14.5. The zero-order valence-corrected chi connectivity index (χ0v) is 41.0. The fraction of sp³-hybridized carbons (Fsp3) is 0.489. The molecule has 23 nitrogen and oxygen atoms in total. The lowest BCUT2D eigenvalue weighted by Gasteiger charge is -2.35. The number of aryl methyl sites for hydroxylation is 2. The van der Waals surface area contributed by atoms with Gasteiger partial charge in [-0.25, -0.2) is 29.0 Å². The molecule has 0 aliphatic heterocycles. The van der Waals surface area contributed by atoms with E-state index in [0.717, 1.165) is 41.9 Å². The van der Waals surface area contributed by atoms with Crippen molar-refractivity contribution in [3.63, 3.8) is 0 Å². The Kier molecular flexibility index (Phi) is 19.5. The Balaban J connectivity index is 1.30. The molecule has 70 heavy (non-hydrogen) atoms. The molecule has 5 rings (SSSR count). The van der Waals surface area contributed by atoms with Crippen molar-refractivity contribution < 1.29 is 43.1 Å². The van der Waals surface area contributed by atoms with Gasteiger partial charge in [0, 0.05) is 65.6 Å². The lowest BCUT2D eigenvalue weighted by Crippen LogP contribution is -2.58. The van der Waals surface area contributed by atoms with Gasteiger partial charge in [0.25, 0.3) is 0 Å². The highest BCUT2D eigenvalue weighted by Gasteiger charge is 2.38. The monoisotopic (exact) mass is 968 g/mol. The van der Waals surface area contributed by atoms with Crippen LogP contribution in [0.1, 0.15) is 81.8 Å². The molecule has 2 heterocycles. The Bertz CT molecular complexity index is 2450. The Morgan fingerprint density at radius 1 is 0.586 bits per heavy atom. The Morgan fingerprint density at radius 3 is 1.56 bits per heavy atom. The predicted octanol–water partition coefficient (Wildman–Crippen LogP) is 3.32. The van der Waals surface area contributed by atoms with E-state index in [1.165, 1.54) is 26.2 Å². The van der Waals surface area contributed by atoms with E-state index in [9.17, 15) is 38.4 Å². The molecule has 0 fully saturated rings. The van der Waals surface area contributed by atoms with E-state index in [1.807, 2.05) is 48.5 Å². The summed E-state index contributed by atoms with van der Waals surface area (Å²) in [5.74, 6) is -2.82. The summed E-state index contributed by atoms with van der Waals surface area (Å²) in [5, 5.41) is 20.9. The zero-order chi connectivity index (χ0) is 50.9. The summed E-state index contributed by atoms with van der Waals surface area (Å²) in [6.07, 6.45) is 3.50. The van der Waals surface area contributed by atoms with E-state index in [-0.39, 0.29) is 77.6 Å². The van der Waals surface area contributed by atoms with Gasteiger partial charge in [0.15, 0.2) is 0 Å². The van der Waals surface area contributed by atoms with E-state index in [2.05, 4.69) is 31.3 Å². The maximum Gasteiger partial charge on any atom is 0.407 e. The molecule has 0 bridgehead atoms. The van der Waals surface area contributed by atoms with Crippen LogP contribution in [-0.4, -0.2) is 173 Å². The third-order valence-electron chi connectivity index (χ3n) is 11.3. The van der Waals surface area contributed by atoms with Gasteiger partial charge in [-0.3, -0.25) is 33.4 Å². The van der Waals surface area contributed by atoms with Crippen molar-refractivity contribution in [3.8, 4) is 11.1 Å². The summed E-state index contributed by atoms with van der Waals surface area (Å²) < 4.78 is 8.49. The third kappa shape index (κ3) is 13.7. The fourth-order valence-corrected chi connectivity index (χ4v) is 7.98. The van der Waals surface area contributed by atoms with Gasteiger partial charge >= 0.3 is 24.2 Å². The fourth-order valence-electron chi connectivity index (χ4n) is 7.98. The third-order valence-corrected chi connectivity index (χ3v) is 11.3. The summed E-state index contributed by atoms with van der Waals surface area (Å²) in [5.41, 5.74) is 4.85. The van der Waals surface area contributed by atoms with Crippen LogP contribution in [0.5, 0.6) is 0 Å². The number of likely N-dealkylation sites (N-methyl/N-ethyl adjacent to an activating group) is 1. The Hall–Kier alpha value is -7.72. The van der Waals surface area contributed by atoms with Crippen LogP contribution in [0, 0.1) is 0 Å². The number of fused-ring (bicyclic) bond motifs is 3. The number of ether oxygens (including phenoxy) is 1. The SMILES string of the molecule is CCCN(CC(=O)N(CC(=O)NC)Cc1cn(C)nn1)C(=O)N(CCC)C(=O)N(CCC)C(=O)N(CCC)C(=O)CN(Cc1cn(C)nn1)C(=O)CNC(=O)OCC1c2ccccc2-c2ccccc21.